The summed E-state index contributed by atoms with van der Waals surface area (Å²) in [6.45, 7) is 1.15. The number of H-pyrrole nitrogens is 1. The van der Waals surface area contributed by atoms with Crippen molar-refractivity contribution >= 4 is 94.6 Å². The summed E-state index contributed by atoms with van der Waals surface area (Å²) in [5, 5.41) is 46.5. The lowest BCUT2D eigenvalue weighted by atomic mass is 10.0. The average Bonchev–Trinajstić information content (AvgIpc) is 3.82. The molecule has 0 saturated carbocycles. The Morgan fingerprint density at radius 1 is 0.527 bits per heavy atom. The molecule has 11 amide bonds. The van der Waals surface area contributed by atoms with Crippen LogP contribution in [0.25, 0.3) is 0 Å². The summed E-state index contributed by atoms with van der Waals surface area (Å²) in [4.78, 5) is 185. The minimum atomic E-state index is -1.82. The van der Waals surface area contributed by atoms with E-state index in [1.807, 2.05) is 0 Å². The molecule has 31 nitrogen and oxygen atoms in total. The number of imidazole rings is 1. The van der Waals surface area contributed by atoms with Gasteiger partial charge in [0.25, 0.3) is 0 Å². The van der Waals surface area contributed by atoms with Crippen LogP contribution in [-0.4, -0.2) is 175 Å². The second-order valence-electron chi connectivity index (χ2n) is 16.6. The van der Waals surface area contributed by atoms with Crippen molar-refractivity contribution in [2.75, 3.05) is 18.6 Å². The van der Waals surface area contributed by atoms with Crippen LogP contribution >= 0.6 is 11.8 Å². The van der Waals surface area contributed by atoms with Crippen LogP contribution in [0.4, 0.5) is 0 Å². The molecule has 0 aliphatic rings. The van der Waals surface area contributed by atoms with Gasteiger partial charge in [-0.1, -0.05) is 0 Å². The van der Waals surface area contributed by atoms with Crippen LogP contribution in [0.2, 0.25) is 0 Å². The van der Waals surface area contributed by atoms with E-state index in [4.69, 9.17) is 22.9 Å². The van der Waals surface area contributed by atoms with Crippen molar-refractivity contribution in [1.82, 2.24) is 52.5 Å². The van der Waals surface area contributed by atoms with Crippen molar-refractivity contribution in [1.29, 1.82) is 0 Å². The fourth-order valence-electron chi connectivity index (χ4n) is 6.67. The van der Waals surface area contributed by atoms with E-state index in [2.05, 4.69) is 52.5 Å². The van der Waals surface area contributed by atoms with Crippen molar-refractivity contribution in [2.45, 2.75) is 139 Å². The lowest BCUT2D eigenvalue weighted by molar-refractivity contribution is -0.141. The first-order valence-electron chi connectivity index (χ1n) is 22.8. The number of aromatic nitrogens is 2. The number of nitrogens with one attached hydrogen (secondary N) is 9. The van der Waals surface area contributed by atoms with Gasteiger partial charge >= 0.3 is 17.9 Å². The Labute approximate surface area is 427 Å². The molecule has 0 saturated heterocycles. The molecular formula is C42H66N14O17S. The second kappa shape index (κ2) is 33.7. The number of nitrogens with zero attached hydrogens (tertiary/aromatic N) is 1. The fourth-order valence-corrected chi connectivity index (χ4v) is 7.14. The number of primary amides is 3. The number of aliphatic carboxylic acids is 3. The first kappa shape index (κ1) is 64.1. The number of unbranched alkanes of at least 4 members (excludes halogenated alkanes) is 1. The minimum Gasteiger partial charge on any atom is -0.481 e. The van der Waals surface area contributed by atoms with Gasteiger partial charge in [-0.25, -0.2) is 4.98 Å². The fraction of sp³-hybridized carbons (Fsp3) is 0.595. The van der Waals surface area contributed by atoms with Crippen LogP contribution in [0.3, 0.4) is 0 Å². The Balaban J connectivity index is 3.63. The maximum absolute atomic E-state index is 14.2. The first-order chi connectivity index (χ1) is 34.8. The predicted octanol–water partition coefficient (Wildman–Crippen LogP) is -6.44. The number of amides is 11. The van der Waals surface area contributed by atoms with Gasteiger partial charge in [0.1, 0.15) is 48.3 Å². The van der Waals surface area contributed by atoms with Gasteiger partial charge < -0.3 is 85.8 Å². The number of rotatable bonds is 38. The zero-order valence-electron chi connectivity index (χ0n) is 40.6. The Kier molecular flexibility index (Phi) is 29.2. The van der Waals surface area contributed by atoms with Gasteiger partial charge in [-0.15, -0.1) is 0 Å². The molecule has 0 bridgehead atoms. The van der Waals surface area contributed by atoms with Crippen LogP contribution < -0.4 is 65.5 Å². The van der Waals surface area contributed by atoms with E-state index in [1.165, 1.54) is 24.3 Å². The Morgan fingerprint density at radius 3 is 1.30 bits per heavy atom. The van der Waals surface area contributed by atoms with Gasteiger partial charge in [0.2, 0.25) is 65.0 Å². The number of carboxylic acid groups (broad SMARTS) is 3. The molecule has 8 atom stereocenters. The average molecular weight is 1070 g/mol. The van der Waals surface area contributed by atoms with E-state index < -0.39 is 189 Å². The predicted molar refractivity (Wildman–Crippen MR) is 257 cm³/mol. The highest BCUT2D eigenvalue weighted by molar-refractivity contribution is 7.98. The topological polar surface area (TPSA) is 529 Å². The summed E-state index contributed by atoms with van der Waals surface area (Å²) < 4.78 is 0. The zero-order chi connectivity index (χ0) is 56.1. The number of carbonyl (C=O) groups is 14. The summed E-state index contributed by atoms with van der Waals surface area (Å²) in [5.74, 6) is -15.7. The van der Waals surface area contributed by atoms with Crippen LogP contribution in [0.15, 0.2) is 12.5 Å². The maximum atomic E-state index is 14.2. The SMILES string of the molecule is CSCC[C@H](NC(=O)[C@H](CCCCN)NC(=O)[C@H](CCC(N)=O)NC(=O)[C@H](Cc1cnc[nH]1)NC(=O)[C@H](CCC(=O)O)NC(=O)[C@H](CCC(N)=O)NC(=O)[C@H](CC(=O)O)NC(C)=O)C(=O)N[C@@H](CC(=O)O)C(N)=O. The van der Waals surface area contributed by atoms with Crippen molar-refractivity contribution < 1.29 is 82.4 Å². The lowest BCUT2D eigenvalue weighted by Gasteiger charge is -2.28. The molecule has 0 spiro atoms. The molecular weight excluding hydrogens is 1000 g/mol. The Morgan fingerprint density at radius 2 is 0.919 bits per heavy atom. The lowest BCUT2D eigenvalue weighted by Crippen LogP contribution is -2.60. The number of hydrogen-bond donors (Lipinski definition) is 16. The third-order valence-corrected chi connectivity index (χ3v) is 11.1. The van der Waals surface area contributed by atoms with Crippen LogP contribution in [0, 0.1) is 0 Å². The highest BCUT2D eigenvalue weighted by Gasteiger charge is 2.36. The van der Waals surface area contributed by atoms with Crippen molar-refractivity contribution in [3.8, 4) is 0 Å². The smallest absolute Gasteiger partial charge is 0.305 e. The highest BCUT2D eigenvalue weighted by Crippen LogP contribution is 2.11. The molecule has 0 aromatic carbocycles. The highest BCUT2D eigenvalue weighted by atomic mass is 32.2. The third-order valence-electron chi connectivity index (χ3n) is 10.5. The number of nitrogens with two attached hydrogens (primary N) is 4. The summed E-state index contributed by atoms with van der Waals surface area (Å²) in [5.41, 5.74) is 21.8. The van der Waals surface area contributed by atoms with E-state index in [1.54, 1.807) is 6.26 Å². The molecule has 1 aromatic rings. The van der Waals surface area contributed by atoms with E-state index in [0.29, 0.717) is 6.42 Å². The van der Waals surface area contributed by atoms with Gasteiger partial charge in [-0.2, -0.15) is 11.8 Å². The monoisotopic (exact) mass is 1070 g/mol. The van der Waals surface area contributed by atoms with Gasteiger partial charge in [-0.3, -0.25) is 67.1 Å². The maximum Gasteiger partial charge on any atom is 0.305 e. The van der Waals surface area contributed by atoms with E-state index >= 15 is 0 Å². The molecule has 1 heterocycles. The normalized spacial score (nSPS) is 14.0. The molecule has 0 unspecified atom stereocenters. The number of carbonyl (C=O) groups excluding carboxylic acids is 11. The number of thioether (sulfide) groups is 1. The Bertz CT molecular complexity index is 2150. The number of carboxylic acids is 3. The molecule has 1 rings (SSSR count). The standard InChI is InChI=1S/C42H66N14O17S/c1-20(57)49-29(17-34(64)65)42(73)53-24(7-10-31(45)59)38(69)51-25(8-11-32(60)61)39(70)56-28(15-21-18-47-19-48-21)41(72)52-23(6-9-30(44)58)37(68)50-22(5-3-4-13-43)36(67)54-26(12-14-74-2)40(71)55-27(35(46)66)16-33(62)63/h18-19,22-29H,3-17,43H2,1-2H3,(H2,44,58)(H2,45,59)(H2,46,66)(H,47,48)(H,49,57)(H,50,68)(H,51,69)(H,52,72)(H,53,73)(H,54,67)(H,55,71)(H,56,70)(H,60,61)(H,62,63)(H,64,65)/t22-,23-,24-,25-,26-,27-,28-,29-/m0/s1. The van der Waals surface area contributed by atoms with E-state index in [0.717, 1.165) is 6.92 Å². The van der Waals surface area contributed by atoms with Crippen LogP contribution in [-0.2, 0) is 73.5 Å². The molecule has 0 fully saturated rings. The molecule has 0 radical (unpaired) electrons. The van der Waals surface area contributed by atoms with Gasteiger partial charge in [0, 0.05) is 44.5 Å². The summed E-state index contributed by atoms with van der Waals surface area (Å²) in [6.07, 6.45) is -1.11. The van der Waals surface area contributed by atoms with Gasteiger partial charge in [0.05, 0.1) is 19.2 Å². The molecule has 32 heteroatoms. The van der Waals surface area contributed by atoms with Gasteiger partial charge in [-0.05, 0) is 63.5 Å². The van der Waals surface area contributed by atoms with Crippen molar-refractivity contribution in [2.24, 2.45) is 22.9 Å². The minimum absolute atomic E-state index is 0.0380. The summed E-state index contributed by atoms with van der Waals surface area (Å²) in [6, 6.07) is -13.2. The Hall–Kier alpha value is -7.90. The first-order valence-corrected chi connectivity index (χ1v) is 24.2. The molecule has 0 aliphatic heterocycles. The van der Waals surface area contributed by atoms with Gasteiger partial charge in [0.15, 0.2) is 0 Å². The molecule has 20 N–H and O–H groups in total. The van der Waals surface area contributed by atoms with Crippen molar-refractivity contribution in [3.63, 3.8) is 0 Å². The zero-order valence-corrected chi connectivity index (χ0v) is 41.4. The molecule has 412 valence electrons. The van der Waals surface area contributed by atoms with Crippen LogP contribution in [0.5, 0.6) is 0 Å². The second-order valence-corrected chi connectivity index (χ2v) is 17.6. The molecule has 1 aromatic heterocycles. The molecule has 0 aliphatic carbocycles. The third kappa shape index (κ3) is 26.0. The number of hydrogen-bond acceptors (Lipinski definition) is 17. The summed E-state index contributed by atoms with van der Waals surface area (Å²) in [7, 11) is 0. The summed E-state index contributed by atoms with van der Waals surface area (Å²) >= 11 is 1.28. The van der Waals surface area contributed by atoms with E-state index in [9.17, 15) is 82.4 Å². The largest absolute Gasteiger partial charge is 0.481 e. The van der Waals surface area contributed by atoms with Crippen molar-refractivity contribution in [3.05, 3.63) is 18.2 Å². The quantitative estimate of drug-likeness (QED) is 0.0274. The van der Waals surface area contributed by atoms with E-state index in [-0.39, 0.29) is 37.3 Å². The number of aromatic amines is 1. The van der Waals surface area contributed by atoms with Crippen LogP contribution in [0.1, 0.15) is 89.7 Å². The molecule has 74 heavy (non-hydrogen) atoms.